The Bertz CT molecular complexity index is 979. The number of alkyl halides is 1. The van der Waals surface area contributed by atoms with Crippen LogP contribution in [0.3, 0.4) is 0 Å². The van der Waals surface area contributed by atoms with Gasteiger partial charge in [0, 0.05) is 27.8 Å². The first kappa shape index (κ1) is 15.0. The Morgan fingerprint density at radius 1 is 1.19 bits per heavy atom. The number of furan rings is 1. The van der Waals surface area contributed by atoms with Crippen molar-refractivity contribution in [1.29, 1.82) is 0 Å². The van der Waals surface area contributed by atoms with E-state index in [-0.39, 0.29) is 34.5 Å². The highest BCUT2D eigenvalue weighted by atomic mass is 79.9. The van der Waals surface area contributed by atoms with E-state index in [4.69, 9.17) is 13.9 Å². The van der Waals surface area contributed by atoms with E-state index in [2.05, 4.69) is 22.9 Å². The zero-order valence-corrected chi connectivity index (χ0v) is 15.5. The molecule has 6 atom stereocenters. The molecule has 0 radical (unpaired) electrons. The van der Waals surface area contributed by atoms with E-state index in [1.54, 1.807) is 12.5 Å². The molecule has 2 aliphatic heterocycles. The summed E-state index contributed by atoms with van der Waals surface area (Å²) in [6.07, 6.45) is 2.79. The van der Waals surface area contributed by atoms with Crippen molar-refractivity contribution >= 4 is 27.9 Å². The molecule has 2 aliphatic carbocycles. The van der Waals surface area contributed by atoms with Crippen LogP contribution in [-0.2, 0) is 14.3 Å². The first-order chi connectivity index (χ1) is 12.6. The lowest BCUT2D eigenvalue weighted by Crippen LogP contribution is -2.24. The summed E-state index contributed by atoms with van der Waals surface area (Å²) in [5, 5.41) is 0. The SMILES string of the molecule is Cc1c2c(cc3c1[C@H]1[C@@H](Br)[C@H]1[C@@H]1C(=O)OC[C@H]31)C(=O)O[C@H]2c1ccoc1. The van der Waals surface area contributed by atoms with Gasteiger partial charge in [0.05, 0.1) is 30.6 Å². The van der Waals surface area contributed by atoms with Gasteiger partial charge in [0.1, 0.15) is 0 Å². The molecule has 4 aliphatic rings. The van der Waals surface area contributed by atoms with Crippen molar-refractivity contribution in [1.82, 2.24) is 0 Å². The van der Waals surface area contributed by atoms with Crippen LogP contribution in [-0.4, -0.2) is 23.4 Å². The quantitative estimate of drug-likeness (QED) is 0.526. The van der Waals surface area contributed by atoms with Gasteiger partial charge < -0.3 is 13.9 Å². The molecule has 2 fully saturated rings. The van der Waals surface area contributed by atoms with Crippen molar-refractivity contribution in [2.24, 2.45) is 11.8 Å². The van der Waals surface area contributed by atoms with Crippen molar-refractivity contribution in [2.45, 2.75) is 29.7 Å². The molecule has 0 bridgehead atoms. The summed E-state index contributed by atoms with van der Waals surface area (Å²) in [7, 11) is 0. The second-order valence-electron chi connectivity index (χ2n) is 7.62. The van der Waals surface area contributed by atoms with Gasteiger partial charge in [-0.2, -0.15) is 0 Å². The fourth-order valence-electron chi connectivity index (χ4n) is 5.33. The Morgan fingerprint density at radius 2 is 2.04 bits per heavy atom. The number of hydrogen-bond donors (Lipinski definition) is 0. The lowest BCUT2D eigenvalue weighted by atomic mass is 9.73. The van der Waals surface area contributed by atoms with Crippen LogP contribution in [0.5, 0.6) is 0 Å². The minimum Gasteiger partial charge on any atom is -0.472 e. The number of carbonyl (C=O) groups excluding carboxylic acids is 2. The third-order valence-electron chi connectivity index (χ3n) is 6.50. The van der Waals surface area contributed by atoms with E-state index in [1.165, 1.54) is 5.56 Å². The Labute approximate surface area is 157 Å². The van der Waals surface area contributed by atoms with Gasteiger partial charge in [0.2, 0.25) is 0 Å². The van der Waals surface area contributed by atoms with Gasteiger partial charge in [0.25, 0.3) is 0 Å². The van der Waals surface area contributed by atoms with E-state index < -0.39 is 6.10 Å². The van der Waals surface area contributed by atoms with Crippen molar-refractivity contribution in [3.05, 3.63) is 58.0 Å². The Morgan fingerprint density at radius 3 is 2.81 bits per heavy atom. The molecule has 3 heterocycles. The van der Waals surface area contributed by atoms with E-state index in [9.17, 15) is 9.59 Å². The third-order valence-corrected chi connectivity index (χ3v) is 7.68. The Balaban J connectivity index is 1.59. The third kappa shape index (κ3) is 1.66. The summed E-state index contributed by atoms with van der Waals surface area (Å²) in [5.41, 5.74) is 5.84. The Hall–Kier alpha value is -2.08. The molecule has 1 saturated carbocycles. The summed E-state index contributed by atoms with van der Waals surface area (Å²) in [6, 6.07) is 3.78. The maximum atomic E-state index is 12.6. The lowest BCUT2D eigenvalue weighted by Gasteiger charge is -2.27. The van der Waals surface area contributed by atoms with Gasteiger partial charge in [0.15, 0.2) is 6.10 Å². The van der Waals surface area contributed by atoms with Crippen molar-refractivity contribution in [3.8, 4) is 0 Å². The number of carbonyl (C=O) groups is 2. The number of halogens is 1. The Kier molecular flexibility index (Phi) is 2.77. The maximum absolute atomic E-state index is 12.6. The summed E-state index contributed by atoms with van der Waals surface area (Å²) in [6.45, 7) is 2.47. The second kappa shape index (κ2) is 4.80. The molecule has 2 aromatic rings. The van der Waals surface area contributed by atoms with Crippen LogP contribution in [0.1, 0.15) is 56.1 Å². The van der Waals surface area contributed by atoms with Crippen LogP contribution in [0.4, 0.5) is 0 Å². The standard InChI is InChI=1S/C20H15BrO5/c1-7-12-9(11-6-25-20(23)14(11)16-15(12)17(16)21)4-10-13(7)18(26-19(10)22)8-2-3-24-5-8/h2-5,11,14-18H,6H2,1H3/t11-,14-,15-,16+,17-,18+/m1/s1. The molecule has 0 amide bonds. The summed E-state index contributed by atoms with van der Waals surface area (Å²) < 4.78 is 16.2. The summed E-state index contributed by atoms with van der Waals surface area (Å²) in [4.78, 5) is 25.1. The van der Waals surface area contributed by atoms with E-state index >= 15 is 0 Å². The minimum atomic E-state index is -0.424. The number of hydrogen-bond acceptors (Lipinski definition) is 5. The van der Waals surface area contributed by atoms with Crippen LogP contribution in [0, 0.1) is 18.8 Å². The molecule has 6 rings (SSSR count). The fourth-order valence-corrected chi connectivity index (χ4v) is 6.43. The molecule has 132 valence electrons. The van der Waals surface area contributed by atoms with Gasteiger partial charge in [-0.25, -0.2) is 4.79 Å². The van der Waals surface area contributed by atoms with Gasteiger partial charge in [-0.15, -0.1) is 0 Å². The number of rotatable bonds is 1. The lowest BCUT2D eigenvalue weighted by molar-refractivity contribution is -0.141. The number of esters is 2. The van der Waals surface area contributed by atoms with Crippen molar-refractivity contribution in [3.63, 3.8) is 0 Å². The zero-order chi connectivity index (χ0) is 17.7. The first-order valence-corrected chi connectivity index (χ1v) is 9.70. The number of ether oxygens (including phenoxy) is 2. The minimum absolute atomic E-state index is 0.0334. The van der Waals surface area contributed by atoms with Gasteiger partial charge >= 0.3 is 11.9 Å². The summed E-state index contributed by atoms with van der Waals surface area (Å²) >= 11 is 3.77. The molecule has 0 unspecified atom stereocenters. The molecule has 0 spiro atoms. The molecule has 0 N–H and O–H groups in total. The van der Waals surface area contributed by atoms with Crippen LogP contribution in [0.25, 0.3) is 0 Å². The second-order valence-corrected chi connectivity index (χ2v) is 8.67. The highest BCUT2D eigenvalue weighted by Gasteiger charge is 2.65. The maximum Gasteiger partial charge on any atom is 0.339 e. The largest absolute Gasteiger partial charge is 0.472 e. The van der Waals surface area contributed by atoms with E-state index in [0.29, 0.717) is 18.1 Å². The average Bonchev–Trinajstić information content (AvgIpc) is 3.08. The smallest absolute Gasteiger partial charge is 0.339 e. The molecular formula is C20H15BrO5. The number of cyclic esters (lactones) is 2. The van der Waals surface area contributed by atoms with Gasteiger partial charge in [-0.1, -0.05) is 15.9 Å². The van der Waals surface area contributed by atoms with Crippen LogP contribution in [0.15, 0.2) is 29.1 Å². The molecular weight excluding hydrogens is 400 g/mol. The molecule has 6 heteroatoms. The monoisotopic (exact) mass is 414 g/mol. The van der Waals surface area contributed by atoms with Gasteiger partial charge in [-0.05, 0) is 41.7 Å². The molecule has 26 heavy (non-hydrogen) atoms. The zero-order valence-electron chi connectivity index (χ0n) is 13.9. The summed E-state index contributed by atoms with van der Waals surface area (Å²) in [5.74, 6) is 0.0943. The fraction of sp³-hybridized carbons (Fsp3) is 0.400. The number of fused-ring (bicyclic) bond motifs is 7. The highest BCUT2D eigenvalue weighted by molar-refractivity contribution is 9.09. The molecule has 5 nitrogen and oxygen atoms in total. The van der Waals surface area contributed by atoms with Crippen LogP contribution in [0.2, 0.25) is 0 Å². The normalized spacial score (nSPS) is 35.9. The first-order valence-electron chi connectivity index (χ1n) is 8.79. The predicted molar refractivity (Wildman–Crippen MR) is 93.3 cm³/mol. The van der Waals surface area contributed by atoms with Crippen LogP contribution >= 0.6 is 15.9 Å². The van der Waals surface area contributed by atoms with Crippen molar-refractivity contribution in [2.75, 3.05) is 6.61 Å². The predicted octanol–water partition coefficient (Wildman–Crippen LogP) is 3.59. The van der Waals surface area contributed by atoms with Gasteiger partial charge in [-0.3, -0.25) is 4.79 Å². The highest BCUT2D eigenvalue weighted by Crippen LogP contribution is 2.67. The molecule has 1 aromatic carbocycles. The van der Waals surface area contributed by atoms with Crippen molar-refractivity contribution < 1.29 is 23.5 Å². The molecule has 1 saturated heterocycles. The average molecular weight is 415 g/mol. The van der Waals surface area contributed by atoms with Crippen LogP contribution < -0.4 is 0 Å². The van der Waals surface area contributed by atoms with E-state index in [0.717, 1.165) is 22.3 Å². The molecule has 1 aromatic heterocycles. The number of benzene rings is 1. The van der Waals surface area contributed by atoms with E-state index in [1.807, 2.05) is 12.1 Å². The topological polar surface area (TPSA) is 65.7 Å².